The van der Waals surface area contributed by atoms with Crippen molar-refractivity contribution in [2.24, 2.45) is 0 Å². The largest absolute Gasteiger partial charge is 0.495 e. The molecule has 0 radical (unpaired) electrons. The zero-order valence-electron chi connectivity index (χ0n) is 12.5. The van der Waals surface area contributed by atoms with Gasteiger partial charge in [0.05, 0.1) is 12.8 Å². The second-order valence-electron chi connectivity index (χ2n) is 4.93. The van der Waals surface area contributed by atoms with E-state index in [2.05, 4.69) is 10.6 Å². The Morgan fingerprint density at radius 2 is 1.90 bits per heavy atom. The van der Waals surface area contributed by atoms with Crippen LogP contribution in [0.2, 0.25) is 0 Å². The lowest BCUT2D eigenvalue weighted by molar-refractivity contribution is -0.116. The topological polar surface area (TPSA) is 50.4 Å². The highest BCUT2D eigenvalue weighted by Crippen LogP contribution is 2.23. The molecule has 0 aliphatic rings. The number of hydrogen-bond acceptors (Lipinski definition) is 3. The number of hydrogen-bond donors (Lipinski definition) is 2. The van der Waals surface area contributed by atoms with Gasteiger partial charge in [-0.3, -0.25) is 4.79 Å². The van der Waals surface area contributed by atoms with Gasteiger partial charge >= 0.3 is 0 Å². The number of rotatable bonds is 5. The molecule has 0 spiro atoms. The smallest absolute Gasteiger partial charge is 0.246 e. The predicted octanol–water partition coefficient (Wildman–Crippen LogP) is 3.44. The average Bonchev–Trinajstić information content (AvgIpc) is 2.47. The molecule has 0 aliphatic carbocycles. The van der Waals surface area contributed by atoms with Gasteiger partial charge in [-0.25, -0.2) is 0 Å². The molecule has 0 bridgehead atoms. The van der Waals surface area contributed by atoms with E-state index in [0.717, 1.165) is 11.3 Å². The van der Waals surface area contributed by atoms with Crippen molar-refractivity contribution in [2.75, 3.05) is 17.7 Å². The fourth-order valence-electron chi connectivity index (χ4n) is 2.04. The molecule has 2 aromatic rings. The molecule has 0 aliphatic heterocycles. The van der Waals surface area contributed by atoms with E-state index in [9.17, 15) is 4.79 Å². The zero-order chi connectivity index (χ0) is 15.2. The van der Waals surface area contributed by atoms with Crippen LogP contribution in [0.4, 0.5) is 11.4 Å². The van der Waals surface area contributed by atoms with E-state index in [1.165, 1.54) is 0 Å². The molecule has 110 valence electrons. The number of anilines is 2. The number of carbonyl (C=O) groups excluding carboxylic acids is 1. The number of nitrogens with one attached hydrogen (secondary N) is 2. The first kappa shape index (κ1) is 14.9. The van der Waals surface area contributed by atoms with Crippen molar-refractivity contribution in [2.45, 2.75) is 19.9 Å². The van der Waals surface area contributed by atoms with Crippen LogP contribution in [0.5, 0.6) is 5.75 Å². The van der Waals surface area contributed by atoms with Crippen LogP contribution >= 0.6 is 0 Å². The van der Waals surface area contributed by atoms with Crippen molar-refractivity contribution >= 4 is 17.3 Å². The molecule has 0 aromatic heterocycles. The van der Waals surface area contributed by atoms with Crippen molar-refractivity contribution in [3.05, 3.63) is 54.1 Å². The number of para-hydroxylation sites is 2. The highest BCUT2D eigenvalue weighted by molar-refractivity contribution is 5.97. The molecular formula is C17H20N2O2. The van der Waals surface area contributed by atoms with E-state index >= 15 is 0 Å². The van der Waals surface area contributed by atoms with Crippen LogP contribution in [0.25, 0.3) is 0 Å². The predicted molar refractivity (Wildman–Crippen MR) is 85.9 cm³/mol. The monoisotopic (exact) mass is 284 g/mol. The molecule has 0 saturated carbocycles. The van der Waals surface area contributed by atoms with E-state index < -0.39 is 0 Å². The Morgan fingerprint density at radius 3 is 2.62 bits per heavy atom. The molecule has 0 saturated heterocycles. The lowest BCUT2D eigenvalue weighted by atomic mass is 10.2. The quantitative estimate of drug-likeness (QED) is 0.884. The van der Waals surface area contributed by atoms with Gasteiger partial charge in [0.25, 0.3) is 0 Å². The molecule has 2 N–H and O–H groups in total. The van der Waals surface area contributed by atoms with Crippen LogP contribution in [0.3, 0.4) is 0 Å². The maximum Gasteiger partial charge on any atom is 0.246 e. The summed E-state index contributed by atoms with van der Waals surface area (Å²) in [7, 11) is 1.58. The number of benzene rings is 2. The lowest BCUT2D eigenvalue weighted by Crippen LogP contribution is -2.32. The van der Waals surface area contributed by atoms with Crippen LogP contribution in [0.1, 0.15) is 12.5 Å². The van der Waals surface area contributed by atoms with E-state index in [1.54, 1.807) is 7.11 Å². The minimum Gasteiger partial charge on any atom is -0.495 e. The number of carbonyl (C=O) groups is 1. The Morgan fingerprint density at radius 1 is 1.14 bits per heavy atom. The van der Waals surface area contributed by atoms with Gasteiger partial charge in [-0.05, 0) is 43.7 Å². The highest BCUT2D eigenvalue weighted by atomic mass is 16.5. The first-order chi connectivity index (χ1) is 10.1. The number of amides is 1. The van der Waals surface area contributed by atoms with Gasteiger partial charge in [0.15, 0.2) is 0 Å². The van der Waals surface area contributed by atoms with Crippen LogP contribution in [0.15, 0.2) is 48.5 Å². The summed E-state index contributed by atoms with van der Waals surface area (Å²) in [5.74, 6) is 0.537. The molecule has 0 heterocycles. The van der Waals surface area contributed by atoms with Gasteiger partial charge in [-0.2, -0.15) is 0 Å². The Kier molecular flexibility index (Phi) is 4.82. The molecular weight excluding hydrogens is 264 g/mol. The number of methoxy groups -OCH3 is 1. The first-order valence-electron chi connectivity index (χ1n) is 6.87. The van der Waals surface area contributed by atoms with Crippen molar-refractivity contribution in [1.82, 2.24) is 0 Å². The second-order valence-corrected chi connectivity index (χ2v) is 4.93. The molecule has 0 fully saturated rings. The molecule has 4 heteroatoms. The molecule has 2 aromatic carbocycles. The zero-order valence-corrected chi connectivity index (χ0v) is 12.5. The maximum atomic E-state index is 12.2. The SMILES string of the molecule is COc1ccccc1NC(=O)[C@@H](C)Nc1cccc(C)c1. The van der Waals surface area contributed by atoms with Crippen molar-refractivity contribution < 1.29 is 9.53 Å². The normalized spacial score (nSPS) is 11.6. The van der Waals surface area contributed by atoms with E-state index in [-0.39, 0.29) is 11.9 Å². The fraction of sp³-hybridized carbons (Fsp3) is 0.235. The molecule has 4 nitrogen and oxygen atoms in total. The summed E-state index contributed by atoms with van der Waals surface area (Å²) in [6.07, 6.45) is 0. The standard InChI is InChI=1S/C17H20N2O2/c1-12-7-6-8-14(11-12)18-13(2)17(20)19-15-9-4-5-10-16(15)21-3/h4-11,13,18H,1-3H3,(H,19,20)/t13-/m1/s1. The van der Waals surface area contributed by atoms with Gasteiger partial charge in [0.1, 0.15) is 11.8 Å². The van der Waals surface area contributed by atoms with Crippen molar-refractivity contribution in [3.8, 4) is 5.75 Å². The van der Waals surface area contributed by atoms with Crippen LogP contribution < -0.4 is 15.4 Å². The van der Waals surface area contributed by atoms with Crippen LogP contribution in [0, 0.1) is 6.92 Å². The molecule has 2 rings (SSSR count). The second kappa shape index (κ2) is 6.79. The summed E-state index contributed by atoms with van der Waals surface area (Å²) in [5.41, 5.74) is 2.75. The van der Waals surface area contributed by atoms with Crippen LogP contribution in [-0.2, 0) is 4.79 Å². The third-order valence-corrected chi connectivity index (χ3v) is 3.16. The van der Waals surface area contributed by atoms with Gasteiger partial charge in [-0.1, -0.05) is 24.3 Å². The van der Waals surface area contributed by atoms with E-state index in [1.807, 2.05) is 62.4 Å². The summed E-state index contributed by atoms with van der Waals surface area (Å²) in [4.78, 5) is 12.2. The Balaban J connectivity index is 2.02. The van der Waals surface area contributed by atoms with Gasteiger partial charge < -0.3 is 15.4 Å². The van der Waals surface area contributed by atoms with E-state index in [0.29, 0.717) is 11.4 Å². The summed E-state index contributed by atoms with van der Waals surface area (Å²) in [6.45, 7) is 3.85. The molecule has 1 atom stereocenters. The van der Waals surface area contributed by atoms with Crippen molar-refractivity contribution in [1.29, 1.82) is 0 Å². The Bertz CT molecular complexity index is 626. The Hall–Kier alpha value is -2.49. The highest BCUT2D eigenvalue weighted by Gasteiger charge is 2.14. The number of ether oxygens (including phenoxy) is 1. The summed E-state index contributed by atoms with van der Waals surface area (Å²) in [6, 6.07) is 14.9. The van der Waals surface area contributed by atoms with Gasteiger partial charge in [-0.15, -0.1) is 0 Å². The van der Waals surface area contributed by atoms with Gasteiger partial charge in [0, 0.05) is 5.69 Å². The van der Waals surface area contributed by atoms with E-state index in [4.69, 9.17) is 4.74 Å². The molecule has 0 unspecified atom stereocenters. The molecule has 1 amide bonds. The third kappa shape index (κ3) is 3.99. The minimum absolute atomic E-state index is 0.110. The van der Waals surface area contributed by atoms with Gasteiger partial charge in [0.2, 0.25) is 5.91 Å². The summed E-state index contributed by atoms with van der Waals surface area (Å²) in [5, 5.41) is 6.06. The first-order valence-corrected chi connectivity index (χ1v) is 6.87. The number of aryl methyl sites for hydroxylation is 1. The third-order valence-electron chi connectivity index (χ3n) is 3.16. The Labute approximate surface area is 125 Å². The van der Waals surface area contributed by atoms with Crippen molar-refractivity contribution in [3.63, 3.8) is 0 Å². The summed E-state index contributed by atoms with van der Waals surface area (Å²) < 4.78 is 5.22. The lowest BCUT2D eigenvalue weighted by Gasteiger charge is -2.16. The average molecular weight is 284 g/mol. The molecule has 21 heavy (non-hydrogen) atoms. The minimum atomic E-state index is -0.350. The van der Waals surface area contributed by atoms with Crippen LogP contribution in [-0.4, -0.2) is 19.1 Å². The maximum absolute atomic E-state index is 12.2. The summed E-state index contributed by atoms with van der Waals surface area (Å²) >= 11 is 0. The fourth-order valence-corrected chi connectivity index (χ4v) is 2.04.